The Kier molecular flexibility index (Phi) is 4.82. The van der Waals surface area contributed by atoms with Gasteiger partial charge in [0.05, 0.1) is 12.5 Å². The Morgan fingerprint density at radius 1 is 1.41 bits per heavy atom. The Labute approximate surface area is 128 Å². The van der Waals surface area contributed by atoms with Crippen molar-refractivity contribution in [2.45, 2.75) is 52.3 Å². The smallest absolute Gasteiger partial charge is 0.356 e. The van der Waals surface area contributed by atoms with Crippen molar-refractivity contribution in [3.8, 4) is 0 Å². The molecule has 2 rings (SSSR count). The van der Waals surface area contributed by atoms with Crippen LogP contribution in [-0.2, 0) is 17.5 Å². The molecule has 4 nitrogen and oxygen atoms in total. The zero-order chi connectivity index (χ0) is 16.5. The van der Waals surface area contributed by atoms with Crippen LogP contribution in [-0.4, -0.2) is 22.2 Å². The minimum Gasteiger partial charge on any atom is -0.356 e. The molecule has 0 aliphatic heterocycles. The van der Waals surface area contributed by atoms with Crippen molar-refractivity contribution in [1.82, 2.24) is 15.1 Å². The van der Waals surface area contributed by atoms with Crippen LogP contribution in [0.1, 0.15) is 50.9 Å². The fourth-order valence-electron chi connectivity index (χ4n) is 2.24. The summed E-state index contributed by atoms with van der Waals surface area (Å²) in [5.41, 5.74) is -0.278. The van der Waals surface area contributed by atoms with Crippen LogP contribution in [0.5, 0.6) is 0 Å². The van der Waals surface area contributed by atoms with E-state index >= 15 is 0 Å². The van der Waals surface area contributed by atoms with Crippen LogP contribution in [0.4, 0.5) is 13.2 Å². The lowest BCUT2D eigenvalue weighted by Gasteiger charge is -2.15. The number of hydrogen-bond acceptors (Lipinski definition) is 2. The van der Waals surface area contributed by atoms with Crippen LogP contribution in [0.25, 0.3) is 0 Å². The van der Waals surface area contributed by atoms with Crippen molar-refractivity contribution in [3.05, 3.63) is 17.5 Å². The Morgan fingerprint density at radius 2 is 2.05 bits per heavy atom. The van der Waals surface area contributed by atoms with Gasteiger partial charge < -0.3 is 5.32 Å². The number of nitrogens with zero attached hydrogens (tertiary/aromatic N) is 2. The number of aromatic nitrogens is 2. The summed E-state index contributed by atoms with van der Waals surface area (Å²) in [6.45, 7) is 6.41. The molecule has 7 heteroatoms. The summed E-state index contributed by atoms with van der Waals surface area (Å²) >= 11 is 0. The molecule has 1 unspecified atom stereocenters. The second-order valence-corrected chi connectivity index (χ2v) is 6.45. The van der Waals surface area contributed by atoms with E-state index in [1.807, 2.05) is 13.8 Å². The summed E-state index contributed by atoms with van der Waals surface area (Å²) in [5.74, 6) is -0.0917. The van der Waals surface area contributed by atoms with E-state index in [2.05, 4.69) is 10.4 Å². The molecular weight excluding hydrogens is 295 g/mol. The van der Waals surface area contributed by atoms with Crippen molar-refractivity contribution >= 4 is 5.91 Å². The molecule has 0 radical (unpaired) electrons. The molecule has 0 saturated heterocycles. The van der Waals surface area contributed by atoms with Crippen molar-refractivity contribution in [3.63, 3.8) is 0 Å². The molecule has 1 fully saturated rings. The molecule has 0 spiro atoms. The number of alkyl halides is 3. The number of amides is 1. The molecule has 1 aliphatic rings. The van der Waals surface area contributed by atoms with Gasteiger partial charge in [-0.2, -0.15) is 18.3 Å². The standard InChI is InChI=1S/C15H22F3N3O/c1-9(2)7-19-14(22)10(3)8-21-12(11-4-5-11)6-13(20-21)15(16,17)18/h6,9-11H,4-5,7-8H2,1-3H3,(H,19,22). The van der Waals surface area contributed by atoms with Gasteiger partial charge in [0.1, 0.15) is 0 Å². The Morgan fingerprint density at radius 3 is 2.55 bits per heavy atom. The lowest BCUT2D eigenvalue weighted by Crippen LogP contribution is -2.34. The Bertz CT molecular complexity index is 533. The maximum atomic E-state index is 12.8. The first-order valence-electron chi connectivity index (χ1n) is 7.61. The fraction of sp³-hybridized carbons (Fsp3) is 0.733. The molecule has 1 aliphatic carbocycles. The Hall–Kier alpha value is -1.53. The molecule has 22 heavy (non-hydrogen) atoms. The van der Waals surface area contributed by atoms with Crippen LogP contribution >= 0.6 is 0 Å². The van der Waals surface area contributed by atoms with Gasteiger partial charge in [0.2, 0.25) is 5.91 Å². The maximum absolute atomic E-state index is 12.8. The van der Waals surface area contributed by atoms with Gasteiger partial charge in [0.15, 0.2) is 5.69 Å². The van der Waals surface area contributed by atoms with Gasteiger partial charge in [-0.15, -0.1) is 0 Å². The van der Waals surface area contributed by atoms with Crippen LogP contribution < -0.4 is 5.32 Å². The average Bonchev–Trinajstić information content (AvgIpc) is 3.15. The zero-order valence-electron chi connectivity index (χ0n) is 13.1. The molecular formula is C15H22F3N3O. The van der Waals surface area contributed by atoms with E-state index < -0.39 is 17.8 Å². The van der Waals surface area contributed by atoms with Gasteiger partial charge in [0, 0.05) is 18.2 Å². The van der Waals surface area contributed by atoms with Gasteiger partial charge in [-0.25, -0.2) is 0 Å². The first kappa shape index (κ1) is 16.8. The second-order valence-electron chi connectivity index (χ2n) is 6.45. The monoisotopic (exact) mass is 317 g/mol. The highest BCUT2D eigenvalue weighted by Gasteiger charge is 2.38. The highest BCUT2D eigenvalue weighted by atomic mass is 19.4. The summed E-state index contributed by atoms with van der Waals surface area (Å²) in [7, 11) is 0. The fourth-order valence-corrected chi connectivity index (χ4v) is 2.24. The summed E-state index contributed by atoms with van der Waals surface area (Å²) in [6, 6.07) is 1.12. The molecule has 1 amide bonds. The largest absolute Gasteiger partial charge is 0.435 e. The highest BCUT2D eigenvalue weighted by molar-refractivity contribution is 5.78. The van der Waals surface area contributed by atoms with Crippen LogP contribution in [0.2, 0.25) is 0 Å². The lowest BCUT2D eigenvalue weighted by atomic mass is 10.1. The van der Waals surface area contributed by atoms with Crippen molar-refractivity contribution < 1.29 is 18.0 Å². The molecule has 1 N–H and O–H groups in total. The first-order valence-corrected chi connectivity index (χ1v) is 7.61. The van der Waals surface area contributed by atoms with E-state index in [-0.39, 0.29) is 18.4 Å². The highest BCUT2D eigenvalue weighted by Crippen LogP contribution is 2.42. The number of hydrogen-bond donors (Lipinski definition) is 1. The van der Waals surface area contributed by atoms with Gasteiger partial charge in [0.25, 0.3) is 0 Å². The Balaban J connectivity index is 2.08. The topological polar surface area (TPSA) is 46.9 Å². The number of halogens is 3. The zero-order valence-corrected chi connectivity index (χ0v) is 13.1. The SMILES string of the molecule is CC(C)CNC(=O)C(C)Cn1nc(C(F)(F)F)cc1C1CC1. The summed E-state index contributed by atoms with van der Waals surface area (Å²) in [4.78, 5) is 12.0. The molecule has 124 valence electrons. The summed E-state index contributed by atoms with van der Waals surface area (Å²) in [5, 5.41) is 6.47. The minimum atomic E-state index is -4.45. The predicted octanol–water partition coefficient (Wildman–Crippen LogP) is 3.19. The number of carbonyl (C=O) groups is 1. The third-order valence-electron chi connectivity index (χ3n) is 3.68. The van der Waals surface area contributed by atoms with Crippen molar-refractivity contribution in [2.75, 3.05) is 6.54 Å². The number of rotatable bonds is 6. The molecule has 0 bridgehead atoms. The summed E-state index contributed by atoms with van der Waals surface area (Å²) < 4.78 is 39.8. The van der Waals surface area contributed by atoms with Gasteiger partial charge >= 0.3 is 6.18 Å². The lowest BCUT2D eigenvalue weighted by molar-refractivity contribution is -0.141. The molecule has 1 heterocycles. The van der Waals surface area contributed by atoms with E-state index in [9.17, 15) is 18.0 Å². The maximum Gasteiger partial charge on any atom is 0.435 e. The van der Waals surface area contributed by atoms with E-state index in [1.54, 1.807) is 6.92 Å². The molecule has 1 atom stereocenters. The third-order valence-corrected chi connectivity index (χ3v) is 3.68. The van der Waals surface area contributed by atoms with Gasteiger partial charge in [-0.3, -0.25) is 9.48 Å². The van der Waals surface area contributed by atoms with Crippen LogP contribution in [0.15, 0.2) is 6.07 Å². The van der Waals surface area contributed by atoms with Crippen LogP contribution in [0.3, 0.4) is 0 Å². The molecule has 1 aromatic heterocycles. The molecule has 1 saturated carbocycles. The number of nitrogens with one attached hydrogen (secondary N) is 1. The summed E-state index contributed by atoms with van der Waals surface area (Å²) in [6.07, 6.45) is -2.67. The van der Waals surface area contributed by atoms with Gasteiger partial charge in [-0.1, -0.05) is 20.8 Å². The molecule has 1 aromatic rings. The van der Waals surface area contributed by atoms with E-state index in [1.165, 1.54) is 4.68 Å². The normalized spacial score (nSPS) is 16.9. The van der Waals surface area contributed by atoms with E-state index in [0.717, 1.165) is 18.9 Å². The first-order chi connectivity index (χ1) is 10.2. The van der Waals surface area contributed by atoms with E-state index in [4.69, 9.17) is 0 Å². The average molecular weight is 317 g/mol. The molecule has 0 aromatic carbocycles. The van der Waals surface area contributed by atoms with Gasteiger partial charge in [-0.05, 0) is 24.8 Å². The van der Waals surface area contributed by atoms with Crippen LogP contribution in [0, 0.1) is 11.8 Å². The van der Waals surface area contributed by atoms with Crippen molar-refractivity contribution in [1.29, 1.82) is 0 Å². The third kappa shape index (κ3) is 4.24. The minimum absolute atomic E-state index is 0.148. The predicted molar refractivity (Wildman–Crippen MR) is 76.2 cm³/mol. The number of carbonyl (C=O) groups excluding carboxylic acids is 1. The quantitative estimate of drug-likeness (QED) is 0.876. The van der Waals surface area contributed by atoms with Crippen molar-refractivity contribution in [2.24, 2.45) is 11.8 Å². The second kappa shape index (κ2) is 6.30. The van der Waals surface area contributed by atoms with E-state index in [0.29, 0.717) is 18.2 Å².